The van der Waals surface area contributed by atoms with Crippen LogP contribution in [0.25, 0.3) is 0 Å². The first-order chi connectivity index (χ1) is 11.3. The fraction of sp³-hybridized carbons (Fsp3) is 1.00. The topological polar surface area (TPSA) is 29.5 Å². The van der Waals surface area contributed by atoms with Gasteiger partial charge >= 0.3 is 0 Å². The Labute approximate surface area is 146 Å². The molecule has 0 fully saturated rings. The molecule has 0 aliphatic heterocycles. The number of hydrogen-bond acceptors (Lipinski definition) is 2. The molecule has 0 aromatic rings. The van der Waals surface area contributed by atoms with Gasteiger partial charge < -0.3 is 9.84 Å². The Morgan fingerprint density at radius 1 is 0.565 bits per heavy atom. The van der Waals surface area contributed by atoms with E-state index in [0.717, 1.165) is 25.9 Å². The Morgan fingerprint density at radius 2 is 0.957 bits per heavy atom. The second-order valence-electron chi connectivity index (χ2n) is 7.06. The lowest BCUT2D eigenvalue weighted by atomic mass is 10.1. The molecule has 0 saturated carbocycles. The van der Waals surface area contributed by atoms with Gasteiger partial charge in [0.1, 0.15) is 0 Å². The number of hydrogen-bond donors (Lipinski definition) is 1. The molecule has 0 bridgehead atoms. The summed E-state index contributed by atoms with van der Waals surface area (Å²) in [5.74, 6) is 0. The van der Waals surface area contributed by atoms with Gasteiger partial charge in [-0.1, -0.05) is 104 Å². The fourth-order valence-electron chi connectivity index (χ4n) is 2.99. The van der Waals surface area contributed by atoms with Gasteiger partial charge in [-0.25, -0.2) is 0 Å². The zero-order valence-corrected chi connectivity index (χ0v) is 16.2. The number of unbranched alkanes of at least 4 members (excludes halogenated alkanes) is 14. The summed E-state index contributed by atoms with van der Waals surface area (Å²) >= 11 is 0. The third-order valence-electron chi connectivity index (χ3n) is 4.61. The molecular weight excluding hydrogens is 284 g/mol. The first-order valence-corrected chi connectivity index (χ1v) is 10.6. The maximum absolute atomic E-state index is 9.77. The minimum atomic E-state index is -0.528. The average Bonchev–Trinajstić information content (AvgIpc) is 2.56. The molecule has 0 aromatic heterocycles. The Morgan fingerprint density at radius 3 is 1.43 bits per heavy atom. The highest BCUT2D eigenvalue weighted by Gasteiger charge is 2.03. The molecule has 0 spiro atoms. The van der Waals surface area contributed by atoms with Crippen molar-refractivity contribution < 1.29 is 9.84 Å². The summed E-state index contributed by atoms with van der Waals surface area (Å²) in [6.07, 6.45) is 21.3. The van der Waals surface area contributed by atoms with Gasteiger partial charge in [-0.05, 0) is 19.3 Å². The molecule has 0 rings (SSSR count). The van der Waals surface area contributed by atoms with Gasteiger partial charge in [0.25, 0.3) is 0 Å². The second kappa shape index (κ2) is 20.0. The van der Waals surface area contributed by atoms with Crippen LogP contribution in [-0.2, 0) is 4.74 Å². The van der Waals surface area contributed by atoms with Crippen molar-refractivity contribution in [1.82, 2.24) is 0 Å². The molecule has 0 aliphatic carbocycles. The molecule has 2 nitrogen and oxygen atoms in total. The van der Waals surface area contributed by atoms with Crippen LogP contribution in [0.15, 0.2) is 0 Å². The first kappa shape index (κ1) is 22.9. The molecule has 1 unspecified atom stereocenters. The smallest absolute Gasteiger partial charge is 0.154 e. The Bertz CT molecular complexity index is 206. The quantitative estimate of drug-likeness (QED) is 0.204. The van der Waals surface area contributed by atoms with Crippen molar-refractivity contribution in [2.75, 3.05) is 6.61 Å². The van der Waals surface area contributed by atoms with Crippen LogP contribution in [0.5, 0.6) is 0 Å². The maximum atomic E-state index is 9.77. The van der Waals surface area contributed by atoms with Gasteiger partial charge in [-0.15, -0.1) is 0 Å². The van der Waals surface area contributed by atoms with E-state index in [9.17, 15) is 5.11 Å². The van der Waals surface area contributed by atoms with E-state index in [2.05, 4.69) is 13.8 Å². The Kier molecular flexibility index (Phi) is 19.9. The number of ether oxygens (including phenoxy) is 1. The maximum Gasteiger partial charge on any atom is 0.154 e. The Balaban J connectivity index is 3.10. The summed E-state index contributed by atoms with van der Waals surface area (Å²) in [5, 5.41) is 9.77. The molecule has 0 saturated heterocycles. The van der Waals surface area contributed by atoms with E-state index in [1.54, 1.807) is 0 Å². The first-order valence-electron chi connectivity index (χ1n) is 10.6. The van der Waals surface area contributed by atoms with E-state index in [4.69, 9.17) is 4.74 Å². The minimum Gasteiger partial charge on any atom is -0.368 e. The van der Waals surface area contributed by atoms with Crippen LogP contribution in [0.3, 0.4) is 0 Å². The molecule has 0 amide bonds. The lowest BCUT2D eigenvalue weighted by molar-refractivity contribution is -0.105. The van der Waals surface area contributed by atoms with E-state index < -0.39 is 6.29 Å². The number of rotatable bonds is 19. The molecule has 140 valence electrons. The summed E-state index contributed by atoms with van der Waals surface area (Å²) in [6.45, 7) is 5.24. The predicted octanol–water partition coefficient (Wildman–Crippen LogP) is 6.99. The lowest BCUT2D eigenvalue weighted by Crippen LogP contribution is -2.12. The van der Waals surface area contributed by atoms with Crippen LogP contribution < -0.4 is 0 Å². The molecule has 1 N–H and O–H groups in total. The van der Waals surface area contributed by atoms with E-state index in [1.165, 1.54) is 89.9 Å². The summed E-state index contributed by atoms with van der Waals surface area (Å²) in [6, 6.07) is 0. The van der Waals surface area contributed by atoms with Crippen molar-refractivity contribution in [2.45, 2.75) is 129 Å². The van der Waals surface area contributed by atoms with Crippen LogP contribution in [0.2, 0.25) is 0 Å². The van der Waals surface area contributed by atoms with E-state index in [1.807, 2.05) is 0 Å². The van der Waals surface area contributed by atoms with Gasteiger partial charge in [-0.2, -0.15) is 0 Å². The summed E-state index contributed by atoms with van der Waals surface area (Å²) < 4.78 is 5.50. The van der Waals surface area contributed by atoms with Gasteiger partial charge in [0.15, 0.2) is 6.29 Å². The third kappa shape index (κ3) is 19.9. The van der Waals surface area contributed by atoms with E-state index in [-0.39, 0.29) is 0 Å². The molecule has 0 aliphatic rings. The van der Waals surface area contributed by atoms with Crippen LogP contribution in [0.1, 0.15) is 123 Å². The summed E-state index contributed by atoms with van der Waals surface area (Å²) in [5.41, 5.74) is 0. The lowest BCUT2D eigenvalue weighted by Gasteiger charge is -2.11. The molecule has 0 aromatic carbocycles. The molecule has 0 radical (unpaired) electrons. The van der Waals surface area contributed by atoms with Crippen LogP contribution >= 0.6 is 0 Å². The largest absolute Gasteiger partial charge is 0.368 e. The molecule has 23 heavy (non-hydrogen) atoms. The van der Waals surface area contributed by atoms with Crippen molar-refractivity contribution in [1.29, 1.82) is 0 Å². The molecule has 2 heteroatoms. The summed E-state index contributed by atoms with van der Waals surface area (Å²) in [7, 11) is 0. The van der Waals surface area contributed by atoms with E-state index >= 15 is 0 Å². The Hall–Kier alpha value is -0.0800. The van der Waals surface area contributed by atoms with Crippen molar-refractivity contribution in [3.05, 3.63) is 0 Å². The molecular formula is C21H44O2. The van der Waals surface area contributed by atoms with Gasteiger partial charge in [0, 0.05) is 6.61 Å². The van der Waals surface area contributed by atoms with Crippen molar-refractivity contribution in [2.24, 2.45) is 0 Å². The molecule has 1 atom stereocenters. The van der Waals surface area contributed by atoms with Crippen molar-refractivity contribution >= 4 is 0 Å². The fourth-order valence-corrected chi connectivity index (χ4v) is 2.99. The van der Waals surface area contributed by atoms with E-state index in [0.29, 0.717) is 0 Å². The van der Waals surface area contributed by atoms with Gasteiger partial charge in [0.2, 0.25) is 0 Å². The average molecular weight is 329 g/mol. The highest BCUT2D eigenvalue weighted by atomic mass is 16.6. The van der Waals surface area contributed by atoms with Gasteiger partial charge in [-0.3, -0.25) is 0 Å². The minimum absolute atomic E-state index is 0.528. The SMILES string of the molecule is CCCCCCCCCCCCOC(O)CCCCCCCC. The standard InChI is InChI=1S/C21H44O2/c1-3-5-7-9-11-12-13-14-16-18-20-23-21(22)19-17-15-10-8-6-4-2/h21-22H,3-20H2,1-2H3. The highest BCUT2D eigenvalue weighted by Crippen LogP contribution is 2.12. The highest BCUT2D eigenvalue weighted by molar-refractivity contribution is 4.50. The van der Waals surface area contributed by atoms with Gasteiger partial charge in [0.05, 0.1) is 0 Å². The number of aliphatic hydroxyl groups excluding tert-OH is 1. The third-order valence-corrected chi connectivity index (χ3v) is 4.61. The monoisotopic (exact) mass is 328 g/mol. The van der Waals surface area contributed by atoms with Crippen molar-refractivity contribution in [3.63, 3.8) is 0 Å². The number of aliphatic hydroxyl groups is 1. The predicted molar refractivity (Wildman–Crippen MR) is 102 cm³/mol. The van der Waals surface area contributed by atoms with Crippen LogP contribution in [-0.4, -0.2) is 18.0 Å². The van der Waals surface area contributed by atoms with Crippen LogP contribution in [0, 0.1) is 0 Å². The van der Waals surface area contributed by atoms with Crippen molar-refractivity contribution in [3.8, 4) is 0 Å². The second-order valence-corrected chi connectivity index (χ2v) is 7.06. The molecule has 0 heterocycles. The summed E-state index contributed by atoms with van der Waals surface area (Å²) in [4.78, 5) is 0. The zero-order valence-electron chi connectivity index (χ0n) is 16.2. The van der Waals surface area contributed by atoms with Crippen LogP contribution in [0.4, 0.5) is 0 Å². The zero-order chi connectivity index (χ0) is 17.0. The normalized spacial score (nSPS) is 12.7.